The van der Waals surface area contributed by atoms with Crippen LogP contribution in [0.15, 0.2) is 0 Å². The molecule has 0 aromatic carbocycles. The van der Waals surface area contributed by atoms with Gasteiger partial charge in [-0.2, -0.15) is 0 Å². The number of nitrogens with one attached hydrogen (secondary N) is 3. The Morgan fingerprint density at radius 3 is 2.29 bits per heavy atom. The summed E-state index contributed by atoms with van der Waals surface area (Å²) in [5.74, 6) is -1.79. The maximum Gasteiger partial charge on any atom is 0.326 e. The highest BCUT2D eigenvalue weighted by atomic mass is 16.5. The van der Waals surface area contributed by atoms with Crippen molar-refractivity contribution in [2.75, 3.05) is 39.5 Å². The number of nitrogens with two attached hydrogens (primary N) is 1. The lowest BCUT2D eigenvalue weighted by atomic mass is 9.92. The number of hydrogen-bond donors (Lipinski definition) is 5. The van der Waals surface area contributed by atoms with Crippen molar-refractivity contribution in [3.8, 4) is 0 Å². The van der Waals surface area contributed by atoms with E-state index in [9.17, 15) is 24.0 Å². The summed E-state index contributed by atoms with van der Waals surface area (Å²) in [6.45, 7) is 1.33. The van der Waals surface area contributed by atoms with Crippen LogP contribution in [0.1, 0.15) is 32.1 Å². The molecular weight excluding hydrogens is 411 g/mol. The maximum atomic E-state index is 11.6. The lowest BCUT2D eigenvalue weighted by Gasteiger charge is -2.11. The summed E-state index contributed by atoms with van der Waals surface area (Å²) in [6.07, 6.45) is 2.31. The van der Waals surface area contributed by atoms with Gasteiger partial charge in [0.05, 0.1) is 31.5 Å². The van der Waals surface area contributed by atoms with Crippen molar-refractivity contribution < 1.29 is 38.6 Å². The van der Waals surface area contributed by atoms with Gasteiger partial charge in [0.2, 0.25) is 18.2 Å². The Bertz CT molecular complexity index is 579. The van der Waals surface area contributed by atoms with E-state index in [0.29, 0.717) is 13.0 Å². The number of rotatable bonds is 20. The minimum absolute atomic E-state index is 0.0113. The molecule has 2 atom stereocenters. The van der Waals surface area contributed by atoms with Gasteiger partial charge in [0.1, 0.15) is 12.6 Å². The minimum atomic E-state index is -1.20. The number of amides is 3. The average molecular weight is 444 g/mol. The largest absolute Gasteiger partial charge is 0.480 e. The molecule has 13 heteroatoms. The third kappa shape index (κ3) is 16.9. The van der Waals surface area contributed by atoms with Crippen LogP contribution in [0.5, 0.6) is 0 Å². The highest BCUT2D eigenvalue weighted by Crippen LogP contribution is 1.98. The molecule has 0 radical (unpaired) electrons. The Labute approximate surface area is 182 Å². The van der Waals surface area contributed by atoms with Crippen LogP contribution in [0.4, 0.5) is 0 Å². The van der Waals surface area contributed by atoms with Crippen molar-refractivity contribution in [2.45, 2.75) is 44.2 Å². The van der Waals surface area contributed by atoms with E-state index in [1.165, 1.54) is 7.85 Å². The topological polar surface area (TPSA) is 186 Å². The fraction of sp³-hybridized carbons (Fsp3) is 0.722. The van der Waals surface area contributed by atoms with Crippen molar-refractivity contribution in [3.63, 3.8) is 0 Å². The second-order valence-electron chi connectivity index (χ2n) is 6.79. The van der Waals surface area contributed by atoms with E-state index in [-0.39, 0.29) is 69.7 Å². The first-order valence-corrected chi connectivity index (χ1v) is 10.1. The lowest BCUT2D eigenvalue weighted by molar-refractivity contribution is -0.140. The van der Waals surface area contributed by atoms with Crippen molar-refractivity contribution in [1.29, 1.82) is 0 Å². The van der Waals surface area contributed by atoms with Gasteiger partial charge < -0.3 is 41.1 Å². The quantitative estimate of drug-likeness (QED) is 0.0736. The Morgan fingerprint density at radius 1 is 0.968 bits per heavy atom. The zero-order valence-corrected chi connectivity index (χ0v) is 17.9. The molecule has 0 fully saturated rings. The summed E-state index contributed by atoms with van der Waals surface area (Å²) in [5, 5.41) is 16.2. The van der Waals surface area contributed by atoms with Gasteiger partial charge in [-0.15, -0.1) is 0 Å². The molecule has 3 amide bonds. The summed E-state index contributed by atoms with van der Waals surface area (Å²) < 4.78 is 10.4. The molecule has 6 N–H and O–H groups in total. The van der Waals surface area contributed by atoms with Crippen molar-refractivity contribution >= 4 is 37.7 Å². The number of carbonyl (C=O) groups is 5. The molecule has 0 aromatic heterocycles. The number of ether oxygens (including phenoxy) is 2. The van der Waals surface area contributed by atoms with E-state index in [2.05, 4.69) is 16.0 Å². The van der Waals surface area contributed by atoms with Crippen molar-refractivity contribution in [1.82, 2.24) is 16.0 Å². The monoisotopic (exact) mass is 444 g/mol. The predicted molar refractivity (Wildman–Crippen MR) is 113 cm³/mol. The SMILES string of the molecule is BC(=O)C(N)CCCCNC(=O)COCCOCCNC(=O)CCC(NC=O)C(=O)O. The maximum absolute atomic E-state index is 11.6. The van der Waals surface area contributed by atoms with Crippen LogP contribution in [0, 0.1) is 0 Å². The Hall–Kier alpha value is -2.51. The van der Waals surface area contributed by atoms with E-state index in [1.54, 1.807) is 0 Å². The molecule has 0 saturated heterocycles. The molecule has 31 heavy (non-hydrogen) atoms. The van der Waals surface area contributed by atoms with Crippen LogP contribution in [0.25, 0.3) is 0 Å². The molecule has 176 valence electrons. The minimum Gasteiger partial charge on any atom is -0.480 e. The van der Waals surface area contributed by atoms with Gasteiger partial charge in [-0.25, -0.2) is 4.79 Å². The summed E-state index contributed by atoms with van der Waals surface area (Å²) in [7, 11) is 1.46. The molecule has 0 aliphatic rings. The summed E-state index contributed by atoms with van der Waals surface area (Å²) in [5.41, 5.74) is 5.58. The molecule has 0 aliphatic heterocycles. The first-order valence-electron chi connectivity index (χ1n) is 10.1. The van der Waals surface area contributed by atoms with Crippen LogP contribution >= 0.6 is 0 Å². The van der Waals surface area contributed by atoms with Gasteiger partial charge in [-0.3, -0.25) is 14.4 Å². The van der Waals surface area contributed by atoms with Crippen LogP contribution in [0.2, 0.25) is 0 Å². The van der Waals surface area contributed by atoms with Crippen molar-refractivity contribution in [3.05, 3.63) is 0 Å². The van der Waals surface area contributed by atoms with E-state index < -0.39 is 18.1 Å². The summed E-state index contributed by atoms with van der Waals surface area (Å²) in [4.78, 5) is 55.3. The van der Waals surface area contributed by atoms with Crippen LogP contribution in [-0.4, -0.2) is 94.4 Å². The molecular formula is C18H33BN4O8. The molecule has 0 heterocycles. The third-order valence-electron chi connectivity index (χ3n) is 4.19. The molecule has 0 saturated carbocycles. The van der Waals surface area contributed by atoms with Crippen LogP contribution < -0.4 is 21.7 Å². The Kier molecular flexibility index (Phi) is 16.8. The second-order valence-corrected chi connectivity index (χ2v) is 6.79. The summed E-state index contributed by atoms with van der Waals surface area (Å²) >= 11 is 0. The molecule has 2 unspecified atom stereocenters. The van der Waals surface area contributed by atoms with Crippen LogP contribution in [-0.2, 0) is 33.4 Å². The molecule has 0 bridgehead atoms. The van der Waals surface area contributed by atoms with E-state index in [0.717, 1.165) is 12.8 Å². The number of hydrogen-bond acceptors (Lipinski definition) is 8. The molecule has 0 spiro atoms. The zero-order valence-electron chi connectivity index (χ0n) is 17.9. The lowest BCUT2D eigenvalue weighted by Crippen LogP contribution is -2.37. The average Bonchev–Trinajstić information content (AvgIpc) is 2.72. The number of aliphatic carboxylic acids is 1. The Balaban J connectivity index is 3.53. The fourth-order valence-corrected chi connectivity index (χ4v) is 2.34. The molecule has 0 aromatic rings. The van der Waals surface area contributed by atoms with Gasteiger partial charge in [-0.05, 0) is 25.7 Å². The van der Waals surface area contributed by atoms with E-state index in [4.69, 9.17) is 20.3 Å². The predicted octanol–water partition coefficient (Wildman–Crippen LogP) is -3.11. The molecule has 0 aliphatic carbocycles. The first kappa shape index (κ1) is 28.5. The number of unbranched alkanes of at least 4 members (excludes halogenated alkanes) is 1. The standard InChI is InChI=1S/C18H33BN4O8/c19-17(27)13(20)3-1-2-6-21-16(26)11-31-10-9-30-8-7-22-15(25)5-4-14(18(28)29)23-12-24/h12-14H,1-11,19-20H2,(H,21,26)(H,22,25)(H,23,24)(H,28,29). The van der Waals surface area contributed by atoms with E-state index >= 15 is 0 Å². The number of carboxylic acid groups (broad SMARTS) is 1. The van der Waals surface area contributed by atoms with Gasteiger partial charge >= 0.3 is 5.97 Å². The highest BCUT2D eigenvalue weighted by molar-refractivity contribution is 6.59. The van der Waals surface area contributed by atoms with Gasteiger partial charge in [0.25, 0.3) is 0 Å². The Morgan fingerprint density at radius 2 is 1.65 bits per heavy atom. The second kappa shape index (κ2) is 18.3. The highest BCUT2D eigenvalue weighted by Gasteiger charge is 2.17. The molecule has 12 nitrogen and oxygen atoms in total. The van der Waals surface area contributed by atoms with Crippen molar-refractivity contribution in [2.24, 2.45) is 5.73 Å². The van der Waals surface area contributed by atoms with E-state index in [1.807, 2.05) is 0 Å². The normalized spacial score (nSPS) is 12.4. The fourth-order valence-electron chi connectivity index (χ4n) is 2.34. The third-order valence-corrected chi connectivity index (χ3v) is 4.19. The van der Waals surface area contributed by atoms with Crippen LogP contribution in [0.3, 0.4) is 0 Å². The van der Waals surface area contributed by atoms with Gasteiger partial charge in [-0.1, -0.05) is 0 Å². The number of carbonyl (C=O) groups excluding carboxylic acids is 4. The molecule has 0 rings (SSSR count). The smallest absolute Gasteiger partial charge is 0.326 e. The first-order chi connectivity index (χ1) is 14.8. The number of carboxylic acids is 1. The summed E-state index contributed by atoms with van der Waals surface area (Å²) in [6, 6.07) is -1.54. The van der Waals surface area contributed by atoms with Gasteiger partial charge in [0.15, 0.2) is 7.85 Å². The van der Waals surface area contributed by atoms with Gasteiger partial charge in [0, 0.05) is 19.5 Å². The zero-order chi connectivity index (χ0) is 23.5.